The average molecular weight is 380 g/mol. The largest absolute Gasteiger partial charge is 0.382 e. The van der Waals surface area contributed by atoms with Crippen LogP contribution in [0, 0.1) is 18.3 Å². The fourth-order valence-corrected chi connectivity index (χ4v) is 2.95. The lowest BCUT2D eigenvalue weighted by molar-refractivity contribution is 0.711. The number of nitrogens with zero attached hydrogens (tertiary/aromatic N) is 7. The van der Waals surface area contributed by atoms with E-state index in [1.165, 1.54) is 6.33 Å². The normalized spacial score (nSPS) is 12.0. The van der Waals surface area contributed by atoms with E-state index < -0.39 is 0 Å². The van der Waals surface area contributed by atoms with E-state index in [2.05, 4.69) is 25.3 Å². The van der Waals surface area contributed by atoms with Crippen LogP contribution in [0.3, 0.4) is 0 Å². The Balaban J connectivity index is 1.99. The van der Waals surface area contributed by atoms with Gasteiger partial charge in [0, 0.05) is 19.8 Å². The van der Waals surface area contributed by atoms with Gasteiger partial charge in [-0.05, 0) is 38.4 Å². The van der Waals surface area contributed by atoms with E-state index in [0.29, 0.717) is 18.2 Å². The van der Waals surface area contributed by atoms with Crippen LogP contribution in [-0.2, 0) is 0 Å². The Bertz CT molecular complexity index is 1020. The first-order valence-electron chi connectivity index (χ1n) is 9.00. The van der Waals surface area contributed by atoms with Gasteiger partial charge in [0.2, 0.25) is 0 Å². The fourth-order valence-electron chi connectivity index (χ4n) is 2.95. The summed E-state index contributed by atoms with van der Waals surface area (Å²) < 4.78 is 1.82. The van der Waals surface area contributed by atoms with Crippen LogP contribution >= 0.6 is 0 Å². The molecule has 0 aliphatic rings. The van der Waals surface area contributed by atoms with Crippen molar-refractivity contribution in [2.45, 2.75) is 26.3 Å². The maximum atomic E-state index is 9.32. The van der Waals surface area contributed by atoms with Crippen LogP contribution in [0.1, 0.15) is 36.3 Å². The highest BCUT2D eigenvalue weighted by Gasteiger charge is 2.19. The molecule has 0 aromatic carbocycles. The molecule has 0 amide bonds. The van der Waals surface area contributed by atoms with Crippen molar-refractivity contribution in [3.8, 4) is 6.07 Å². The van der Waals surface area contributed by atoms with E-state index in [1.807, 2.05) is 43.7 Å². The van der Waals surface area contributed by atoms with Crippen molar-refractivity contribution in [1.29, 1.82) is 5.26 Å². The smallest absolute Gasteiger partial charge is 0.173 e. The molecule has 10 nitrogen and oxygen atoms in total. The monoisotopic (exact) mass is 380 g/mol. The van der Waals surface area contributed by atoms with Crippen LogP contribution in [0.2, 0.25) is 0 Å². The minimum Gasteiger partial charge on any atom is -0.382 e. The number of nitrogens with two attached hydrogens (primary N) is 2. The Kier molecular flexibility index (Phi) is 5.56. The third-order valence-electron chi connectivity index (χ3n) is 4.50. The zero-order chi connectivity index (χ0) is 20.3. The van der Waals surface area contributed by atoms with E-state index in [1.54, 1.807) is 0 Å². The zero-order valence-corrected chi connectivity index (χ0v) is 16.2. The summed E-state index contributed by atoms with van der Waals surface area (Å²) in [6, 6.07) is 3.72. The molecular weight excluding hydrogens is 356 g/mol. The van der Waals surface area contributed by atoms with E-state index in [-0.39, 0.29) is 17.4 Å². The topological polar surface area (TPSA) is 147 Å². The number of nitriles is 1. The summed E-state index contributed by atoms with van der Waals surface area (Å²) in [7, 11) is 1.99. The standard InChI is InChI=1S/C18H24N10/c1-11-5-8-28-14(11)18(27(3)7-4-6-19)25-16(26-28)12(2)24-17-13(9-20)15(21)22-10-23-17/h5,8,10,12H,4,6-7,19H2,1-3H3,(H3,21,22,23,24)/t12-/m0/s1. The minimum atomic E-state index is -0.310. The maximum absolute atomic E-state index is 9.32. The number of rotatable bonds is 7. The quantitative estimate of drug-likeness (QED) is 0.550. The second-order valence-electron chi connectivity index (χ2n) is 6.61. The van der Waals surface area contributed by atoms with Crippen molar-refractivity contribution in [2.75, 3.05) is 36.1 Å². The Hall–Kier alpha value is -3.45. The van der Waals surface area contributed by atoms with Gasteiger partial charge in [-0.2, -0.15) is 10.4 Å². The molecule has 5 N–H and O–H groups in total. The summed E-state index contributed by atoms with van der Waals surface area (Å²) in [6.45, 7) is 5.34. The van der Waals surface area contributed by atoms with Crippen molar-refractivity contribution in [3.05, 3.63) is 35.5 Å². The van der Waals surface area contributed by atoms with Gasteiger partial charge in [-0.15, -0.1) is 0 Å². The number of fused-ring (bicyclic) bond motifs is 1. The number of nitrogens with one attached hydrogen (secondary N) is 1. The summed E-state index contributed by atoms with van der Waals surface area (Å²) in [5.41, 5.74) is 13.7. The lowest BCUT2D eigenvalue weighted by Crippen LogP contribution is -2.25. The van der Waals surface area contributed by atoms with E-state index in [0.717, 1.165) is 29.9 Å². The molecule has 0 saturated heterocycles. The first-order chi connectivity index (χ1) is 13.5. The van der Waals surface area contributed by atoms with Crippen LogP contribution < -0.4 is 21.7 Å². The van der Waals surface area contributed by atoms with Gasteiger partial charge in [-0.1, -0.05) is 0 Å². The van der Waals surface area contributed by atoms with Gasteiger partial charge in [0.15, 0.2) is 11.6 Å². The molecular formula is C18H24N10. The first-order valence-corrected chi connectivity index (χ1v) is 9.00. The predicted molar refractivity (Wildman–Crippen MR) is 108 cm³/mol. The second kappa shape index (κ2) is 8.06. The number of aromatic nitrogens is 5. The van der Waals surface area contributed by atoms with Crippen molar-refractivity contribution in [1.82, 2.24) is 24.6 Å². The average Bonchev–Trinajstić information content (AvgIpc) is 3.06. The highest BCUT2D eigenvalue weighted by atomic mass is 15.3. The fraction of sp³-hybridized carbons (Fsp3) is 0.389. The van der Waals surface area contributed by atoms with E-state index in [9.17, 15) is 5.26 Å². The molecule has 0 saturated carbocycles. The van der Waals surface area contributed by atoms with Crippen LogP contribution in [0.25, 0.3) is 5.52 Å². The number of aryl methyl sites for hydroxylation is 1. The summed E-state index contributed by atoms with van der Waals surface area (Å²) >= 11 is 0. The van der Waals surface area contributed by atoms with Gasteiger partial charge in [-0.25, -0.2) is 19.5 Å². The van der Waals surface area contributed by atoms with Crippen LogP contribution in [0.4, 0.5) is 17.5 Å². The van der Waals surface area contributed by atoms with Crippen molar-refractivity contribution in [2.24, 2.45) is 5.73 Å². The molecule has 3 aromatic heterocycles. The lowest BCUT2D eigenvalue weighted by Gasteiger charge is -2.22. The molecule has 0 fully saturated rings. The van der Waals surface area contributed by atoms with Crippen LogP contribution in [0.5, 0.6) is 0 Å². The minimum absolute atomic E-state index is 0.131. The molecule has 146 valence electrons. The Labute approximate surface area is 163 Å². The molecule has 10 heteroatoms. The Morgan fingerprint density at radius 3 is 2.89 bits per heavy atom. The summed E-state index contributed by atoms with van der Waals surface area (Å²) in [5.74, 6) is 1.89. The molecule has 3 aromatic rings. The van der Waals surface area contributed by atoms with Gasteiger partial charge < -0.3 is 21.7 Å². The SMILES string of the molecule is Cc1ccn2nc([C@H](C)Nc3ncnc(N)c3C#N)nc(N(C)CCCN)c12. The molecule has 3 rings (SSSR count). The van der Waals surface area contributed by atoms with Gasteiger partial charge in [-0.3, -0.25) is 0 Å². The Morgan fingerprint density at radius 2 is 2.18 bits per heavy atom. The van der Waals surface area contributed by atoms with E-state index >= 15 is 0 Å². The van der Waals surface area contributed by atoms with Crippen LogP contribution in [-0.4, -0.2) is 44.7 Å². The molecule has 0 unspecified atom stereocenters. The number of nitrogen functional groups attached to an aromatic ring is 1. The third kappa shape index (κ3) is 3.65. The van der Waals surface area contributed by atoms with Crippen molar-refractivity contribution < 1.29 is 0 Å². The maximum Gasteiger partial charge on any atom is 0.173 e. The number of hydrogen-bond donors (Lipinski definition) is 3. The van der Waals surface area contributed by atoms with Crippen molar-refractivity contribution in [3.63, 3.8) is 0 Å². The molecule has 0 aliphatic carbocycles. The van der Waals surface area contributed by atoms with Gasteiger partial charge >= 0.3 is 0 Å². The molecule has 28 heavy (non-hydrogen) atoms. The second-order valence-corrected chi connectivity index (χ2v) is 6.61. The highest BCUT2D eigenvalue weighted by Crippen LogP contribution is 2.26. The summed E-state index contributed by atoms with van der Waals surface area (Å²) in [4.78, 5) is 14.9. The molecule has 3 heterocycles. The zero-order valence-electron chi connectivity index (χ0n) is 16.2. The first kappa shape index (κ1) is 19.3. The molecule has 0 radical (unpaired) electrons. The van der Waals surface area contributed by atoms with Gasteiger partial charge in [0.1, 0.15) is 35.1 Å². The molecule has 0 spiro atoms. The number of anilines is 3. The van der Waals surface area contributed by atoms with Gasteiger partial charge in [0.05, 0.1) is 6.04 Å². The summed E-state index contributed by atoms with van der Waals surface area (Å²) in [5, 5.41) is 17.1. The lowest BCUT2D eigenvalue weighted by atomic mass is 10.2. The highest BCUT2D eigenvalue weighted by molar-refractivity contribution is 5.73. The van der Waals surface area contributed by atoms with Crippen molar-refractivity contribution >= 4 is 23.0 Å². The molecule has 0 aliphatic heterocycles. The molecule has 0 bridgehead atoms. The van der Waals surface area contributed by atoms with E-state index in [4.69, 9.17) is 16.5 Å². The van der Waals surface area contributed by atoms with Crippen LogP contribution in [0.15, 0.2) is 18.6 Å². The Morgan fingerprint density at radius 1 is 1.39 bits per heavy atom. The molecule has 1 atom stereocenters. The third-order valence-corrected chi connectivity index (χ3v) is 4.50. The van der Waals surface area contributed by atoms with Gasteiger partial charge in [0.25, 0.3) is 0 Å². The number of hydrogen-bond acceptors (Lipinski definition) is 9. The predicted octanol–water partition coefficient (Wildman–Crippen LogP) is 1.24. The summed E-state index contributed by atoms with van der Waals surface area (Å²) in [6.07, 6.45) is 4.09.